The first-order valence-electron chi connectivity index (χ1n) is 8.24. The van der Waals surface area contributed by atoms with Crippen LogP contribution in [0.3, 0.4) is 0 Å². The van der Waals surface area contributed by atoms with E-state index in [4.69, 9.17) is 9.47 Å². The molecule has 140 valence electrons. The minimum absolute atomic E-state index is 0.179. The van der Waals surface area contributed by atoms with Crippen molar-refractivity contribution in [3.8, 4) is 22.8 Å². The first-order chi connectivity index (χ1) is 13.0. The Hall–Kier alpha value is -2.93. The molecule has 3 aromatic rings. The summed E-state index contributed by atoms with van der Waals surface area (Å²) in [7, 11) is 3.12. The van der Waals surface area contributed by atoms with E-state index in [2.05, 4.69) is 10.3 Å². The predicted octanol–water partition coefficient (Wildman–Crippen LogP) is 4.46. The molecule has 27 heavy (non-hydrogen) atoms. The first kappa shape index (κ1) is 18.8. The Morgan fingerprint density at radius 3 is 2.48 bits per heavy atom. The fraction of sp³-hybridized carbons (Fsp3) is 0.200. The maximum Gasteiger partial charge on any atom is 0.230 e. The van der Waals surface area contributed by atoms with E-state index in [9.17, 15) is 9.18 Å². The van der Waals surface area contributed by atoms with Gasteiger partial charge in [-0.25, -0.2) is 9.37 Å². The van der Waals surface area contributed by atoms with Crippen LogP contribution in [0.15, 0.2) is 42.5 Å². The van der Waals surface area contributed by atoms with Crippen LogP contribution in [0, 0.1) is 12.7 Å². The lowest BCUT2D eigenvalue weighted by atomic mass is 10.1. The molecule has 2 aromatic carbocycles. The number of aryl methyl sites for hydroxylation is 1. The van der Waals surface area contributed by atoms with Crippen molar-refractivity contribution in [2.24, 2.45) is 0 Å². The van der Waals surface area contributed by atoms with Crippen LogP contribution in [0.2, 0.25) is 0 Å². The van der Waals surface area contributed by atoms with E-state index in [-0.39, 0.29) is 18.1 Å². The molecule has 0 radical (unpaired) electrons. The lowest BCUT2D eigenvalue weighted by Crippen LogP contribution is -2.14. The highest BCUT2D eigenvalue weighted by atomic mass is 32.1. The summed E-state index contributed by atoms with van der Waals surface area (Å²) in [5.41, 5.74) is 2.35. The van der Waals surface area contributed by atoms with Gasteiger partial charge in [0.05, 0.1) is 26.3 Å². The number of thiazole rings is 1. The minimum Gasteiger partial charge on any atom is -0.493 e. The molecule has 5 nitrogen and oxygen atoms in total. The quantitative estimate of drug-likeness (QED) is 0.680. The Morgan fingerprint density at radius 1 is 1.11 bits per heavy atom. The fourth-order valence-electron chi connectivity index (χ4n) is 2.66. The Labute approximate surface area is 160 Å². The van der Waals surface area contributed by atoms with Gasteiger partial charge in [0.25, 0.3) is 0 Å². The topological polar surface area (TPSA) is 60.5 Å². The third-order valence-electron chi connectivity index (χ3n) is 3.97. The molecule has 1 amide bonds. The molecule has 0 aliphatic rings. The maximum atomic E-state index is 13.1. The molecule has 0 unspecified atom stereocenters. The second-order valence-corrected chi connectivity index (χ2v) is 7.05. The highest BCUT2D eigenvalue weighted by molar-refractivity contribution is 7.16. The molecule has 3 rings (SSSR count). The predicted molar refractivity (Wildman–Crippen MR) is 104 cm³/mol. The van der Waals surface area contributed by atoms with Gasteiger partial charge in [0.1, 0.15) is 5.82 Å². The van der Waals surface area contributed by atoms with Crippen LogP contribution in [0.1, 0.15) is 10.4 Å². The van der Waals surface area contributed by atoms with E-state index >= 15 is 0 Å². The second kappa shape index (κ2) is 8.18. The molecule has 1 aromatic heterocycles. The number of nitrogens with zero attached hydrogens (tertiary/aromatic N) is 1. The SMILES string of the molecule is COc1ccc(CC(=O)Nc2nc(-c3ccc(F)cc3)c(C)s2)cc1OC. The third-order valence-corrected chi connectivity index (χ3v) is 4.86. The van der Waals surface area contributed by atoms with Gasteiger partial charge in [-0.15, -0.1) is 11.3 Å². The summed E-state index contributed by atoms with van der Waals surface area (Å²) in [6.07, 6.45) is 0.185. The number of amides is 1. The smallest absolute Gasteiger partial charge is 0.230 e. The zero-order valence-corrected chi connectivity index (χ0v) is 16.0. The standard InChI is InChI=1S/C20H19FN2O3S/c1-12-19(14-5-7-15(21)8-6-14)23-20(27-12)22-18(24)11-13-4-9-16(25-2)17(10-13)26-3/h4-10H,11H2,1-3H3,(H,22,23,24). The van der Waals surface area contributed by atoms with Crippen LogP contribution < -0.4 is 14.8 Å². The summed E-state index contributed by atoms with van der Waals surface area (Å²) < 4.78 is 23.6. The zero-order valence-electron chi connectivity index (χ0n) is 15.2. The third kappa shape index (κ3) is 4.43. The Morgan fingerprint density at radius 2 is 1.81 bits per heavy atom. The highest BCUT2D eigenvalue weighted by Crippen LogP contribution is 2.31. The van der Waals surface area contributed by atoms with E-state index in [1.54, 1.807) is 38.5 Å². The monoisotopic (exact) mass is 386 g/mol. The molecule has 0 spiro atoms. The lowest BCUT2D eigenvalue weighted by molar-refractivity contribution is -0.115. The molecule has 0 aliphatic carbocycles. The van der Waals surface area contributed by atoms with Crippen molar-refractivity contribution in [1.82, 2.24) is 4.98 Å². The van der Waals surface area contributed by atoms with E-state index in [1.807, 2.05) is 13.0 Å². The minimum atomic E-state index is -0.296. The molecular weight excluding hydrogens is 367 g/mol. The number of rotatable bonds is 6. The van der Waals surface area contributed by atoms with Gasteiger partial charge in [-0.2, -0.15) is 0 Å². The number of carbonyl (C=O) groups is 1. The van der Waals surface area contributed by atoms with Gasteiger partial charge in [-0.3, -0.25) is 4.79 Å². The van der Waals surface area contributed by atoms with Gasteiger partial charge < -0.3 is 14.8 Å². The number of methoxy groups -OCH3 is 2. The summed E-state index contributed by atoms with van der Waals surface area (Å²) >= 11 is 1.38. The summed E-state index contributed by atoms with van der Waals surface area (Å²) in [5, 5.41) is 3.33. The Balaban J connectivity index is 1.71. The van der Waals surface area contributed by atoms with Crippen LogP contribution in [-0.4, -0.2) is 25.1 Å². The molecule has 0 aliphatic heterocycles. The largest absolute Gasteiger partial charge is 0.493 e. The van der Waals surface area contributed by atoms with Crippen molar-refractivity contribution in [2.45, 2.75) is 13.3 Å². The second-order valence-electron chi connectivity index (χ2n) is 5.84. The van der Waals surface area contributed by atoms with E-state index in [0.29, 0.717) is 16.6 Å². The van der Waals surface area contributed by atoms with Gasteiger partial charge in [-0.05, 0) is 48.9 Å². The number of ether oxygens (including phenoxy) is 2. The molecule has 0 saturated carbocycles. The number of hydrogen-bond donors (Lipinski definition) is 1. The fourth-order valence-corrected chi connectivity index (χ4v) is 3.52. The summed E-state index contributed by atoms with van der Waals surface area (Å²) in [4.78, 5) is 17.8. The molecule has 0 fully saturated rings. The molecule has 1 N–H and O–H groups in total. The van der Waals surface area contributed by atoms with Crippen LogP contribution in [0.4, 0.5) is 9.52 Å². The first-order valence-corrected chi connectivity index (χ1v) is 9.06. The van der Waals surface area contributed by atoms with E-state index in [0.717, 1.165) is 21.7 Å². The van der Waals surface area contributed by atoms with Crippen molar-refractivity contribution < 1.29 is 18.7 Å². The van der Waals surface area contributed by atoms with Gasteiger partial charge in [0, 0.05) is 10.4 Å². The average molecular weight is 386 g/mol. The lowest BCUT2D eigenvalue weighted by Gasteiger charge is -2.09. The Kier molecular flexibility index (Phi) is 5.71. The van der Waals surface area contributed by atoms with Gasteiger partial charge in [0.15, 0.2) is 16.6 Å². The number of carbonyl (C=O) groups excluding carboxylic acids is 1. The normalized spacial score (nSPS) is 10.5. The Bertz CT molecular complexity index is 954. The van der Waals surface area contributed by atoms with Crippen molar-refractivity contribution in [1.29, 1.82) is 0 Å². The number of hydrogen-bond acceptors (Lipinski definition) is 5. The number of benzene rings is 2. The number of nitrogens with one attached hydrogen (secondary N) is 1. The maximum absolute atomic E-state index is 13.1. The van der Waals surface area contributed by atoms with Gasteiger partial charge >= 0.3 is 0 Å². The molecule has 1 heterocycles. The van der Waals surface area contributed by atoms with Crippen molar-refractivity contribution in [3.63, 3.8) is 0 Å². The van der Waals surface area contributed by atoms with Crippen molar-refractivity contribution in [3.05, 3.63) is 58.7 Å². The average Bonchev–Trinajstić information content (AvgIpc) is 3.02. The molecule has 7 heteroatoms. The molecule has 0 saturated heterocycles. The summed E-state index contributed by atoms with van der Waals surface area (Å²) in [6.45, 7) is 1.92. The number of anilines is 1. The summed E-state index contributed by atoms with van der Waals surface area (Å²) in [6, 6.07) is 11.5. The van der Waals surface area contributed by atoms with Crippen LogP contribution in [-0.2, 0) is 11.2 Å². The highest BCUT2D eigenvalue weighted by Gasteiger charge is 2.13. The van der Waals surface area contributed by atoms with E-state index < -0.39 is 0 Å². The van der Waals surface area contributed by atoms with Gasteiger partial charge in [0.2, 0.25) is 5.91 Å². The van der Waals surface area contributed by atoms with Crippen LogP contribution in [0.5, 0.6) is 11.5 Å². The van der Waals surface area contributed by atoms with Crippen molar-refractivity contribution in [2.75, 3.05) is 19.5 Å². The van der Waals surface area contributed by atoms with Crippen LogP contribution in [0.25, 0.3) is 11.3 Å². The van der Waals surface area contributed by atoms with Crippen molar-refractivity contribution >= 4 is 22.4 Å². The van der Waals surface area contributed by atoms with Crippen LogP contribution >= 0.6 is 11.3 Å². The van der Waals surface area contributed by atoms with Gasteiger partial charge in [-0.1, -0.05) is 6.07 Å². The molecular formula is C20H19FN2O3S. The van der Waals surface area contributed by atoms with E-state index in [1.165, 1.54) is 23.5 Å². The summed E-state index contributed by atoms with van der Waals surface area (Å²) in [5.74, 6) is 0.712. The number of halogens is 1. The number of aromatic nitrogens is 1. The molecule has 0 atom stereocenters. The molecule has 0 bridgehead atoms. The zero-order chi connectivity index (χ0) is 19.4.